The van der Waals surface area contributed by atoms with E-state index in [0.717, 1.165) is 24.0 Å². The molecule has 2 atom stereocenters. The van der Waals surface area contributed by atoms with E-state index in [-0.39, 0.29) is 17.7 Å². The first kappa shape index (κ1) is 19.9. The minimum Gasteiger partial charge on any atom is -0.339 e. The van der Waals surface area contributed by atoms with Crippen molar-refractivity contribution in [3.8, 4) is 6.07 Å². The Morgan fingerprint density at radius 1 is 1.00 bits per heavy atom. The van der Waals surface area contributed by atoms with Gasteiger partial charge < -0.3 is 9.80 Å². The van der Waals surface area contributed by atoms with Gasteiger partial charge in [0.05, 0.1) is 11.6 Å². The Morgan fingerprint density at radius 3 is 2.56 bits per heavy atom. The molecule has 0 spiro atoms. The predicted octanol–water partition coefficient (Wildman–Crippen LogP) is 2.46. The highest BCUT2D eigenvalue weighted by Crippen LogP contribution is 2.32. The number of hydrogen-bond donors (Lipinski definition) is 1. The van der Waals surface area contributed by atoms with Gasteiger partial charge in [-0.2, -0.15) is 20.7 Å². The summed E-state index contributed by atoms with van der Waals surface area (Å²) in [6.07, 6.45) is 4.27. The van der Waals surface area contributed by atoms with Crippen molar-refractivity contribution in [1.82, 2.24) is 25.2 Å². The number of nitriles is 1. The van der Waals surface area contributed by atoms with Gasteiger partial charge in [0.2, 0.25) is 5.91 Å². The molecule has 0 unspecified atom stereocenters. The molecule has 0 saturated carbocycles. The fourth-order valence-electron chi connectivity index (χ4n) is 4.63. The van der Waals surface area contributed by atoms with Gasteiger partial charge in [0, 0.05) is 37.8 Å². The van der Waals surface area contributed by atoms with Gasteiger partial charge in [-0.3, -0.25) is 9.59 Å². The van der Waals surface area contributed by atoms with Crippen molar-refractivity contribution in [2.24, 2.45) is 11.8 Å². The minimum atomic E-state index is -0.0156. The average Bonchev–Trinajstić information content (AvgIpc) is 3.48. The van der Waals surface area contributed by atoms with Crippen LogP contribution in [0.2, 0.25) is 0 Å². The maximum atomic E-state index is 13.0. The molecule has 2 amide bonds. The molecule has 1 N–H and O–H groups in total. The highest BCUT2D eigenvalue weighted by Gasteiger charge is 2.39. The maximum absolute atomic E-state index is 13.0. The Kier molecular flexibility index (Phi) is 5.15. The second kappa shape index (κ2) is 8.27. The second-order valence-corrected chi connectivity index (χ2v) is 8.40. The molecule has 32 heavy (non-hydrogen) atoms. The van der Waals surface area contributed by atoms with E-state index in [4.69, 9.17) is 5.26 Å². The molecule has 2 aliphatic heterocycles. The average molecular weight is 426 g/mol. The third kappa shape index (κ3) is 3.85. The number of nitrogens with zero attached hydrogens (tertiary/aromatic N) is 5. The van der Waals surface area contributed by atoms with Gasteiger partial charge in [0.15, 0.2) is 0 Å². The SMILES string of the molecule is N#Cc1ccc(C=CC(=O)N2C[C@H]3CCN(C(=O)c4ccc5n[nH]nc5c4)C[C@@H]3C2)cc1. The van der Waals surface area contributed by atoms with Crippen LogP contribution in [-0.2, 0) is 4.79 Å². The normalized spacial score (nSPS) is 20.5. The van der Waals surface area contributed by atoms with E-state index < -0.39 is 0 Å². The minimum absolute atomic E-state index is 0.00108. The summed E-state index contributed by atoms with van der Waals surface area (Å²) >= 11 is 0. The Hall–Kier alpha value is -3.99. The van der Waals surface area contributed by atoms with E-state index in [1.807, 2.05) is 21.9 Å². The number of aromatic nitrogens is 3. The number of rotatable bonds is 3. The van der Waals surface area contributed by atoms with Crippen LogP contribution >= 0.6 is 0 Å². The van der Waals surface area contributed by atoms with Gasteiger partial charge >= 0.3 is 0 Å². The van der Waals surface area contributed by atoms with Crippen molar-refractivity contribution in [1.29, 1.82) is 5.26 Å². The molecule has 2 aromatic carbocycles. The van der Waals surface area contributed by atoms with Crippen molar-refractivity contribution in [3.05, 3.63) is 65.2 Å². The number of benzene rings is 2. The number of piperidine rings is 1. The van der Waals surface area contributed by atoms with Crippen LogP contribution in [0, 0.1) is 23.2 Å². The van der Waals surface area contributed by atoms with Crippen LogP contribution in [0.15, 0.2) is 48.5 Å². The van der Waals surface area contributed by atoms with Crippen LogP contribution < -0.4 is 0 Å². The number of carbonyl (C=O) groups is 2. The van der Waals surface area contributed by atoms with E-state index in [2.05, 4.69) is 21.5 Å². The molecular weight excluding hydrogens is 404 g/mol. The van der Waals surface area contributed by atoms with Gasteiger partial charge in [0.1, 0.15) is 11.0 Å². The quantitative estimate of drug-likeness (QED) is 0.648. The van der Waals surface area contributed by atoms with E-state index in [1.54, 1.807) is 42.5 Å². The number of nitrogens with one attached hydrogen (secondary N) is 1. The van der Waals surface area contributed by atoms with Crippen LogP contribution in [0.4, 0.5) is 0 Å². The maximum Gasteiger partial charge on any atom is 0.253 e. The fraction of sp³-hybridized carbons (Fsp3) is 0.292. The molecular formula is C24H22N6O2. The summed E-state index contributed by atoms with van der Waals surface area (Å²) in [5.41, 5.74) is 3.50. The summed E-state index contributed by atoms with van der Waals surface area (Å²) in [6, 6.07) is 14.6. The number of hydrogen-bond acceptors (Lipinski definition) is 5. The molecule has 8 heteroatoms. The molecule has 5 rings (SSSR count). The molecule has 2 aliphatic rings. The van der Waals surface area contributed by atoms with Crippen molar-refractivity contribution < 1.29 is 9.59 Å². The Balaban J connectivity index is 1.21. The molecule has 1 aromatic heterocycles. The summed E-state index contributed by atoms with van der Waals surface area (Å²) in [5.74, 6) is 0.692. The molecule has 3 aromatic rings. The number of amides is 2. The summed E-state index contributed by atoms with van der Waals surface area (Å²) in [5, 5.41) is 19.5. The Labute approximate surface area is 185 Å². The fourth-order valence-corrected chi connectivity index (χ4v) is 4.63. The predicted molar refractivity (Wildman–Crippen MR) is 118 cm³/mol. The number of H-pyrrole nitrogens is 1. The van der Waals surface area contributed by atoms with E-state index in [9.17, 15) is 9.59 Å². The van der Waals surface area contributed by atoms with E-state index in [0.29, 0.717) is 42.2 Å². The summed E-state index contributed by atoms with van der Waals surface area (Å²) in [6.45, 7) is 2.74. The lowest BCUT2D eigenvalue weighted by atomic mass is 9.88. The number of fused-ring (bicyclic) bond motifs is 2. The zero-order chi connectivity index (χ0) is 22.1. The van der Waals surface area contributed by atoms with E-state index in [1.165, 1.54) is 0 Å². The molecule has 3 heterocycles. The molecule has 0 radical (unpaired) electrons. The monoisotopic (exact) mass is 426 g/mol. The third-order valence-corrected chi connectivity index (χ3v) is 6.42. The van der Waals surface area contributed by atoms with Crippen LogP contribution in [0.1, 0.15) is 27.9 Å². The van der Waals surface area contributed by atoms with Crippen LogP contribution in [0.3, 0.4) is 0 Å². The molecule has 160 valence electrons. The van der Waals surface area contributed by atoms with Crippen LogP contribution in [0.25, 0.3) is 17.1 Å². The van der Waals surface area contributed by atoms with Crippen molar-refractivity contribution in [2.75, 3.05) is 26.2 Å². The number of carbonyl (C=O) groups excluding carboxylic acids is 2. The molecule has 8 nitrogen and oxygen atoms in total. The molecule has 0 bridgehead atoms. The van der Waals surface area contributed by atoms with Gasteiger partial charge in [-0.25, -0.2) is 0 Å². The second-order valence-electron chi connectivity index (χ2n) is 8.40. The summed E-state index contributed by atoms with van der Waals surface area (Å²) in [7, 11) is 0. The first-order valence-corrected chi connectivity index (χ1v) is 10.7. The Morgan fingerprint density at radius 2 is 1.75 bits per heavy atom. The summed E-state index contributed by atoms with van der Waals surface area (Å²) in [4.78, 5) is 29.5. The zero-order valence-electron chi connectivity index (χ0n) is 17.4. The highest BCUT2D eigenvalue weighted by molar-refractivity contribution is 5.97. The molecule has 2 saturated heterocycles. The first-order valence-electron chi connectivity index (χ1n) is 10.7. The van der Waals surface area contributed by atoms with Crippen molar-refractivity contribution >= 4 is 28.9 Å². The van der Waals surface area contributed by atoms with Crippen molar-refractivity contribution in [3.63, 3.8) is 0 Å². The number of aromatic amines is 1. The Bertz CT molecular complexity index is 1240. The highest BCUT2D eigenvalue weighted by atomic mass is 16.2. The van der Waals surface area contributed by atoms with E-state index >= 15 is 0 Å². The van der Waals surface area contributed by atoms with Gasteiger partial charge in [-0.1, -0.05) is 12.1 Å². The lowest BCUT2D eigenvalue weighted by Crippen LogP contribution is -2.43. The third-order valence-electron chi connectivity index (χ3n) is 6.42. The standard InChI is InChI=1S/C24H22N6O2/c25-12-17-3-1-16(2-4-17)5-8-23(31)30-13-19-9-10-29(14-20(19)15-30)24(32)18-6-7-21-22(11-18)27-28-26-21/h1-8,11,19-20H,9-10,13-15H2,(H,26,27,28)/t19-,20-/m1/s1. The topological polar surface area (TPSA) is 106 Å². The van der Waals surface area contributed by atoms with Gasteiger partial charge in [0.25, 0.3) is 5.91 Å². The smallest absolute Gasteiger partial charge is 0.253 e. The van der Waals surface area contributed by atoms with Gasteiger partial charge in [-0.05, 0) is 60.2 Å². The van der Waals surface area contributed by atoms with Crippen LogP contribution in [0.5, 0.6) is 0 Å². The largest absolute Gasteiger partial charge is 0.339 e. The lowest BCUT2D eigenvalue weighted by molar-refractivity contribution is -0.125. The molecule has 2 fully saturated rings. The van der Waals surface area contributed by atoms with Crippen molar-refractivity contribution in [2.45, 2.75) is 6.42 Å². The number of likely N-dealkylation sites (tertiary alicyclic amines) is 2. The zero-order valence-corrected chi connectivity index (χ0v) is 17.4. The summed E-state index contributed by atoms with van der Waals surface area (Å²) < 4.78 is 0. The van der Waals surface area contributed by atoms with Gasteiger partial charge in [-0.15, -0.1) is 0 Å². The lowest BCUT2D eigenvalue weighted by Gasteiger charge is -2.34. The van der Waals surface area contributed by atoms with Crippen LogP contribution in [-0.4, -0.2) is 63.2 Å². The molecule has 0 aliphatic carbocycles. The first-order chi connectivity index (χ1) is 15.6.